The van der Waals surface area contributed by atoms with Crippen molar-refractivity contribution < 1.29 is 28.1 Å². The second-order valence-corrected chi connectivity index (χ2v) is 10.4. The number of fused-ring (bicyclic) bond motifs is 1. The second kappa shape index (κ2) is 9.91. The molecule has 3 fully saturated rings. The summed E-state index contributed by atoms with van der Waals surface area (Å²) in [5.41, 5.74) is 1.08. The number of nitrogens with zero attached hydrogens (tertiary/aromatic N) is 1. The highest BCUT2D eigenvalue weighted by atomic mass is 19.1. The predicted octanol–water partition coefficient (Wildman–Crippen LogP) is 4.13. The van der Waals surface area contributed by atoms with Gasteiger partial charge in [-0.15, -0.1) is 0 Å². The van der Waals surface area contributed by atoms with Gasteiger partial charge in [0.15, 0.2) is 11.4 Å². The molecular formula is C28H31FN2O5. The molecule has 5 rings (SSSR count). The molecule has 4 atom stereocenters. The molecule has 0 radical (unpaired) electrons. The number of hydrogen-bond donors (Lipinski definition) is 1. The molecule has 0 bridgehead atoms. The zero-order chi connectivity index (χ0) is 25.3. The molecule has 0 spiro atoms. The van der Waals surface area contributed by atoms with Crippen LogP contribution in [0, 0.1) is 17.1 Å². The Hall–Kier alpha value is -2.83. The number of amides is 1. The summed E-state index contributed by atoms with van der Waals surface area (Å²) in [5.74, 6) is -1.31. The van der Waals surface area contributed by atoms with Crippen molar-refractivity contribution in [3.05, 3.63) is 71.0 Å². The molecule has 1 N–H and O–H groups in total. The number of benzene rings is 2. The SMILES string of the molecule is CC1(C)O[C@@H]2C[C@@](OCc3ccc(F)cc3)(C(=O)NC3CC3)CC(OCc3ccc(C#N)cc3)[C@@H]2O1. The van der Waals surface area contributed by atoms with Crippen LogP contribution >= 0.6 is 0 Å². The van der Waals surface area contributed by atoms with Crippen LogP contribution in [-0.2, 0) is 37.0 Å². The van der Waals surface area contributed by atoms with Crippen molar-refractivity contribution >= 4 is 5.91 Å². The minimum atomic E-state index is -1.18. The van der Waals surface area contributed by atoms with Gasteiger partial charge in [-0.3, -0.25) is 4.79 Å². The number of carbonyl (C=O) groups is 1. The summed E-state index contributed by atoms with van der Waals surface area (Å²) in [4.78, 5) is 13.6. The molecule has 1 saturated heterocycles. The summed E-state index contributed by atoms with van der Waals surface area (Å²) >= 11 is 0. The summed E-state index contributed by atoms with van der Waals surface area (Å²) in [6.45, 7) is 4.16. The summed E-state index contributed by atoms with van der Waals surface area (Å²) in [5, 5.41) is 12.2. The fourth-order valence-electron chi connectivity index (χ4n) is 4.93. The summed E-state index contributed by atoms with van der Waals surface area (Å²) < 4.78 is 38.6. The highest BCUT2D eigenvalue weighted by Gasteiger charge is 2.58. The Labute approximate surface area is 210 Å². The van der Waals surface area contributed by atoms with Crippen molar-refractivity contribution in [3.8, 4) is 6.07 Å². The largest absolute Gasteiger partial charge is 0.371 e. The molecule has 3 aliphatic rings. The Kier molecular flexibility index (Phi) is 6.84. The van der Waals surface area contributed by atoms with Crippen molar-refractivity contribution in [1.29, 1.82) is 5.26 Å². The highest BCUT2D eigenvalue weighted by Crippen LogP contribution is 2.44. The number of hydrogen-bond acceptors (Lipinski definition) is 6. The van der Waals surface area contributed by atoms with Crippen LogP contribution in [0.15, 0.2) is 48.5 Å². The topological polar surface area (TPSA) is 89.8 Å². The third kappa shape index (κ3) is 5.60. The number of nitrogens with one attached hydrogen (secondary N) is 1. The van der Waals surface area contributed by atoms with Crippen molar-refractivity contribution in [2.45, 2.75) is 88.5 Å². The van der Waals surface area contributed by atoms with E-state index in [1.54, 1.807) is 24.3 Å². The molecule has 8 heteroatoms. The van der Waals surface area contributed by atoms with Crippen LogP contribution in [0.25, 0.3) is 0 Å². The van der Waals surface area contributed by atoms with Gasteiger partial charge in [0.25, 0.3) is 5.91 Å². The number of carbonyl (C=O) groups excluding carboxylic acids is 1. The van der Waals surface area contributed by atoms with Gasteiger partial charge < -0.3 is 24.3 Å². The van der Waals surface area contributed by atoms with Crippen LogP contribution in [0.1, 0.15) is 56.2 Å². The van der Waals surface area contributed by atoms with Gasteiger partial charge in [-0.1, -0.05) is 24.3 Å². The molecule has 2 aromatic rings. The first-order chi connectivity index (χ1) is 17.2. The Morgan fingerprint density at radius 1 is 1.06 bits per heavy atom. The fraction of sp³-hybridized carbons (Fsp3) is 0.500. The van der Waals surface area contributed by atoms with E-state index in [9.17, 15) is 9.18 Å². The van der Waals surface area contributed by atoms with Gasteiger partial charge in [0.05, 0.1) is 37.1 Å². The van der Waals surface area contributed by atoms with Gasteiger partial charge in [-0.2, -0.15) is 5.26 Å². The van der Waals surface area contributed by atoms with Crippen LogP contribution in [0.3, 0.4) is 0 Å². The third-order valence-electron chi connectivity index (χ3n) is 6.95. The van der Waals surface area contributed by atoms with Gasteiger partial charge in [0, 0.05) is 18.9 Å². The first-order valence-corrected chi connectivity index (χ1v) is 12.4. The molecule has 2 saturated carbocycles. The molecule has 2 aromatic carbocycles. The van der Waals surface area contributed by atoms with E-state index in [0.29, 0.717) is 25.0 Å². The van der Waals surface area contributed by atoms with E-state index in [1.807, 2.05) is 26.0 Å². The maximum absolute atomic E-state index is 13.6. The Morgan fingerprint density at radius 2 is 1.72 bits per heavy atom. The van der Waals surface area contributed by atoms with E-state index in [1.165, 1.54) is 12.1 Å². The maximum atomic E-state index is 13.6. The van der Waals surface area contributed by atoms with E-state index in [2.05, 4.69) is 11.4 Å². The Morgan fingerprint density at radius 3 is 2.39 bits per heavy atom. The smallest absolute Gasteiger partial charge is 0.252 e. The monoisotopic (exact) mass is 494 g/mol. The molecule has 1 aliphatic heterocycles. The summed E-state index contributed by atoms with van der Waals surface area (Å²) in [7, 11) is 0. The molecule has 7 nitrogen and oxygen atoms in total. The quantitative estimate of drug-likeness (QED) is 0.594. The standard InChI is InChI=1S/C28H31FN2O5/c1-27(2)35-24-14-28(26(32)31-22-11-12-22,34-17-20-7-9-21(29)10-8-20)13-23(25(24)36-27)33-16-19-5-3-18(15-30)4-6-19/h3-10,22-25H,11-14,16-17H2,1-2H3,(H,31,32)/t23?,24-,25+,28-/m1/s1. The van der Waals surface area contributed by atoms with Crippen molar-refractivity contribution in [2.75, 3.05) is 0 Å². The highest BCUT2D eigenvalue weighted by molar-refractivity contribution is 5.86. The Balaban J connectivity index is 1.38. The minimum absolute atomic E-state index is 0.155. The van der Waals surface area contributed by atoms with E-state index in [0.717, 1.165) is 24.0 Å². The van der Waals surface area contributed by atoms with E-state index >= 15 is 0 Å². The molecule has 190 valence electrons. The fourth-order valence-corrected chi connectivity index (χ4v) is 4.93. The molecular weight excluding hydrogens is 463 g/mol. The van der Waals surface area contributed by atoms with E-state index in [4.69, 9.17) is 24.2 Å². The molecule has 1 unspecified atom stereocenters. The van der Waals surface area contributed by atoms with Crippen LogP contribution in [0.4, 0.5) is 4.39 Å². The zero-order valence-electron chi connectivity index (χ0n) is 20.5. The lowest BCUT2D eigenvalue weighted by molar-refractivity contribution is -0.183. The van der Waals surface area contributed by atoms with E-state index < -0.39 is 23.6 Å². The molecule has 36 heavy (non-hydrogen) atoms. The van der Waals surface area contributed by atoms with Gasteiger partial charge >= 0.3 is 0 Å². The zero-order valence-corrected chi connectivity index (χ0v) is 20.5. The second-order valence-electron chi connectivity index (χ2n) is 10.4. The first kappa shape index (κ1) is 24.8. The van der Waals surface area contributed by atoms with E-state index in [-0.39, 0.29) is 30.5 Å². The average Bonchev–Trinajstić information content (AvgIpc) is 3.62. The summed E-state index contributed by atoms with van der Waals surface area (Å²) in [6.07, 6.45) is 1.34. The molecule has 0 aromatic heterocycles. The molecule has 1 heterocycles. The molecule has 2 aliphatic carbocycles. The summed E-state index contributed by atoms with van der Waals surface area (Å²) in [6, 6.07) is 15.6. The Bertz CT molecular complexity index is 1130. The van der Waals surface area contributed by atoms with Gasteiger partial charge in [0.1, 0.15) is 11.9 Å². The lowest BCUT2D eigenvalue weighted by Crippen LogP contribution is -2.60. The van der Waals surface area contributed by atoms with Crippen molar-refractivity contribution in [2.24, 2.45) is 0 Å². The maximum Gasteiger partial charge on any atom is 0.252 e. The van der Waals surface area contributed by atoms with Crippen molar-refractivity contribution in [3.63, 3.8) is 0 Å². The lowest BCUT2D eigenvalue weighted by Gasteiger charge is -2.43. The van der Waals surface area contributed by atoms with Gasteiger partial charge in [-0.05, 0) is 62.1 Å². The minimum Gasteiger partial charge on any atom is -0.371 e. The first-order valence-electron chi connectivity index (χ1n) is 12.4. The third-order valence-corrected chi connectivity index (χ3v) is 6.95. The lowest BCUT2D eigenvalue weighted by atomic mass is 9.78. The van der Waals surface area contributed by atoms with Gasteiger partial charge in [0.2, 0.25) is 0 Å². The molecule has 1 amide bonds. The van der Waals surface area contributed by atoms with Crippen molar-refractivity contribution in [1.82, 2.24) is 5.32 Å². The van der Waals surface area contributed by atoms with Crippen LogP contribution in [0.5, 0.6) is 0 Å². The normalized spacial score (nSPS) is 28.8. The van der Waals surface area contributed by atoms with Gasteiger partial charge in [-0.25, -0.2) is 4.39 Å². The number of ether oxygens (including phenoxy) is 4. The predicted molar refractivity (Wildman–Crippen MR) is 128 cm³/mol. The average molecular weight is 495 g/mol. The number of nitriles is 1. The van der Waals surface area contributed by atoms with Crippen LogP contribution < -0.4 is 5.32 Å². The van der Waals surface area contributed by atoms with Crippen LogP contribution in [0.2, 0.25) is 0 Å². The number of halogens is 1. The number of rotatable bonds is 8. The van der Waals surface area contributed by atoms with Crippen LogP contribution in [-0.4, -0.2) is 41.6 Å².